The monoisotopic (exact) mass is 138 g/mol. The van der Waals surface area contributed by atoms with Crippen LogP contribution in [0, 0.1) is 0 Å². The average molecular weight is 138 g/mol. The van der Waals surface area contributed by atoms with Crippen molar-refractivity contribution >= 4 is 12.6 Å². The lowest BCUT2D eigenvalue weighted by Crippen LogP contribution is -2.06. The molecule has 0 aliphatic rings. The molecule has 0 aromatic carbocycles. The fourth-order valence-electron chi connectivity index (χ4n) is 0.324. The third-order valence-corrected chi connectivity index (χ3v) is 0.734. The Hall–Kier alpha value is -1.38. The molecule has 0 radical (unpaired) electrons. The molecule has 0 fully saturated rings. The van der Waals surface area contributed by atoms with Crippen molar-refractivity contribution in [3.8, 4) is 0 Å². The summed E-state index contributed by atoms with van der Waals surface area (Å²) in [6.07, 6.45) is 5.67. The molecule has 1 N–H and O–H groups in total. The van der Waals surface area contributed by atoms with Gasteiger partial charge in [0, 0.05) is 6.21 Å². The Morgan fingerprint density at radius 1 is 1.70 bits per heavy atom. The van der Waals surface area contributed by atoms with Gasteiger partial charge >= 0.3 is 0 Å². The maximum Gasteiger partial charge on any atom is 0.212 e. The summed E-state index contributed by atoms with van der Waals surface area (Å²) in [4.78, 5) is 13.5. The lowest BCUT2D eigenvalue weighted by Gasteiger charge is -1.90. The van der Waals surface area contributed by atoms with Gasteiger partial charge in [0.1, 0.15) is 5.82 Å². The van der Waals surface area contributed by atoms with Crippen LogP contribution in [-0.2, 0) is 4.79 Å². The molecular formula is C7H10N2O. The lowest BCUT2D eigenvalue weighted by atomic mass is 10.6. The number of rotatable bonds is 4. The van der Waals surface area contributed by atoms with E-state index in [2.05, 4.69) is 16.9 Å². The van der Waals surface area contributed by atoms with Crippen LogP contribution in [0.25, 0.3) is 0 Å². The number of nitrogens with one attached hydrogen (secondary N) is 1. The van der Waals surface area contributed by atoms with Gasteiger partial charge in [-0.3, -0.25) is 4.79 Å². The first-order chi connectivity index (χ1) is 4.81. The fourth-order valence-corrected chi connectivity index (χ4v) is 0.324. The first kappa shape index (κ1) is 8.62. The zero-order valence-electron chi connectivity index (χ0n) is 5.87. The van der Waals surface area contributed by atoms with E-state index >= 15 is 0 Å². The third kappa shape index (κ3) is 4.77. The Morgan fingerprint density at radius 3 is 2.90 bits per heavy atom. The van der Waals surface area contributed by atoms with E-state index in [1.54, 1.807) is 12.3 Å². The van der Waals surface area contributed by atoms with Gasteiger partial charge in [-0.2, -0.15) is 0 Å². The molecule has 1 amide bonds. The van der Waals surface area contributed by atoms with Crippen molar-refractivity contribution in [2.75, 3.05) is 0 Å². The minimum absolute atomic E-state index is 0.341. The van der Waals surface area contributed by atoms with Crippen LogP contribution in [0.2, 0.25) is 0 Å². The largest absolute Gasteiger partial charge is 0.314 e. The normalized spacial score (nSPS) is 10.5. The fraction of sp³-hybridized carbons (Fsp3) is 0.143. The molecule has 0 unspecified atom stereocenters. The second kappa shape index (κ2) is 5.75. The third-order valence-electron chi connectivity index (χ3n) is 0.734. The molecule has 0 aliphatic carbocycles. The van der Waals surface area contributed by atoms with Crippen molar-refractivity contribution in [2.45, 2.75) is 6.92 Å². The van der Waals surface area contributed by atoms with Crippen molar-refractivity contribution in [3.05, 3.63) is 24.6 Å². The Balaban J connectivity index is 3.66. The average Bonchev–Trinajstić information content (AvgIpc) is 1.89. The van der Waals surface area contributed by atoms with Crippen LogP contribution >= 0.6 is 0 Å². The number of carbonyl (C=O) groups excluding carboxylic acids is 1. The molecule has 3 nitrogen and oxygen atoms in total. The molecule has 0 atom stereocenters. The summed E-state index contributed by atoms with van der Waals surface area (Å²) >= 11 is 0. The van der Waals surface area contributed by atoms with E-state index in [0.717, 1.165) is 0 Å². The van der Waals surface area contributed by atoms with E-state index in [0.29, 0.717) is 12.2 Å². The maximum atomic E-state index is 9.78. The number of hydrogen-bond acceptors (Lipinski definition) is 2. The van der Waals surface area contributed by atoms with Gasteiger partial charge in [0.15, 0.2) is 0 Å². The summed E-state index contributed by atoms with van der Waals surface area (Å²) in [7, 11) is 0. The standard InChI is InChI=1S/C7H10N2O/c1-3-4-5-8-7(2)9-6-10/h3-6H,2H2,1H3,(H,9,10)/b4-3-,8-5-. The SMILES string of the molecule is C=C(/N=C\C=C/C)NC=O. The van der Waals surface area contributed by atoms with Crippen molar-refractivity contribution in [1.82, 2.24) is 5.32 Å². The van der Waals surface area contributed by atoms with Gasteiger partial charge in [0.05, 0.1) is 0 Å². The highest BCUT2D eigenvalue weighted by Gasteiger charge is 1.79. The summed E-state index contributed by atoms with van der Waals surface area (Å²) < 4.78 is 0. The van der Waals surface area contributed by atoms with E-state index in [4.69, 9.17) is 0 Å². The second-order valence-electron chi connectivity index (χ2n) is 1.51. The van der Waals surface area contributed by atoms with Crippen LogP contribution in [0.3, 0.4) is 0 Å². The van der Waals surface area contributed by atoms with E-state index in [1.807, 2.05) is 13.0 Å². The molecule has 0 saturated carbocycles. The van der Waals surface area contributed by atoms with Gasteiger partial charge in [-0.15, -0.1) is 0 Å². The van der Waals surface area contributed by atoms with Gasteiger partial charge in [-0.1, -0.05) is 12.7 Å². The smallest absolute Gasteiger partial charge is 0.212 e. The lowest BCUT2D eigenvalue weighted by molar-refractivity contribution is -0.108. The number of allylic oxidation sites excluding steroid dienone is 2. The van der Waals surface area contributed by atoms with E-state index < -0.39 is 0 Å². The number of carbonyl (C=O) groups is 1. The first-order valence-electron chi connectivity index (χ1n) is 2.85. The van der Waals surface area contributed by atoms with E-state index in [9.17, 15) is 4.79 Å². The highest BCUT2D eigenvalue weighted by Crippen LogP contribution is 1.80. The highest BCUT2D eigenvalue weighted by molar-refractivity contribution is 5.72. The summed E-state index contributed by atoms with van der Waals surface area (Å²) in [6, 6.07) is 0. The molecule has 0 spiro atoms. The zero-order chi connectivity index (χ0) is 7.82. The van der Waals surface area contributed by atoms with Crippen LogP contribution in [0.4, 0.5) is 0 Å². The minimum atomic E-state index is 0.341. The van der Waals surface area contributed by atoms with Crippen molar-refractivity contribution < 1.29 is 4.79 Å². The summed E-state index contributed by atoms with van der Waals surface area (Å²) in [5.41, 5.74) is 0. The van der Waals surface area contributed by atoms with Gasteiger partial charge < -0.3 is 5.32 Å². The van der Waals surface area contributed by atoms with Crippen LogP contribution in [-0.4, -0.2) is 12.6 Å². The number of nitrogens with zero attached hydrogens (tertiary/aromatic N) is 1. The zero-order valence-corrected chi connectivity index (χ0v) is 5.87. The summed E-state index contributed by atoms with van der Waals surface area (Å²) in [5.74, 6) is 0.341. The number of hydrogen-bond donors (Lipinski definition) is 1. The molecule has 0 rings (SSSR count). The predicted octanol–water partition coefficient (Wildman–Crippen LogP) is 0.851. The Morgan fingerprint density at radius 2 is 2.40 bits per heavy atom. The molecule has 0 aromatic rings. The molecule has 0 aromatic heterocycles. The van der Waals surface area contributed by atoms with Gasteiger partial charge in [-0.25, -0.2) is 4.99 Å². The first-order valence-corrected chi connectivity index (χ1v) is 2.85. The molecule has 54 valence electrons. The van der Waals surface area contributed by atoms with Gasteiger partial charge in [0.2, 0.25) is 6.41 Å². The molecule has 0 saturated heterocycles. The molecule has 0 heterocycles. The second-order valence-corrected chi connectivity index (χ2v) is 1.51. The molecule has 10 heavy (non-hydrogen) atoms. The summed E-state index contributed by atoms with van der Waals surface area (Å²) in [5, 5.41) is 2.30. The predicted molar refractivity (Wildman–Crippen MR) is 41.6 cm³/mol. The van der Waals surface area contributed by atoms with Crippen molar-refractivity contribution in [1.29, 1.82) is 0 Å². The van der Waals surface area contributed by atoms with Crippen LogP contribution in [0.5, 0.6) is 0 Å². The molecule has 0 aliphatic heterocycles. The molecule has 0 bridgehead atoms. The Bertz CT molecular complexity index is 170. The van der Waals surface area contributed by atoms with Crippen LogP contribution in [0.1, 0.15) is 6.92 Å². The van der Waals surface area contributed by atoms with E-state index in [-0.39, 0.29) is 0 Å². The van der Waals surface area contributed by atoms with Gasteiger partial charge in [0.25, 0.3) is 0 Å². The molecular weight excluding hydrogens is 128 g/mol. The number of amides is 1. The van der Waals surface area contributed by atoms with Gasteiger partial charge in [-0.05, 0) is 13.0 Å². The molecule has 3 heteroatoms. The maximum absolute atomic E-state index is 9.78. The van der Waals surface area contributed by atoms with Crippen molar-refractivity contribution in [3.63, 3.8) is 0 Å². The van der Waals surface area contributed by atoms with Crippen LogP contribution in [0.15, 0.2) is 29.5 Å². The van der Waals surface area contributed by atoms with Crippen LogP contribution < -0.4 is 5.32 Å². The minimum Gasteiger partial charge on any atom is -0.314 e. The van der Waals surface area contributed by atoms with E-state index in [1.165, 1.54) is 0 Å². The number of aliphatic imine (C=N–C) groups is 1. The summed E-state index contributed by atoms with van der Waals surface area (Å²) in [6.45, 7) is 5.32. The Labute approximate surface area is 60.2 Å². The topological polar surface area (TPSA) is 41.5 Å². The highest BCUT2D eigenvalue weighted by atomic mass is 16.1. The quantitative estimate of drug-likeness (QED) is 0.454. The van der Waals surface area contributed by atoms with Crippen molar-refractivity contribution in [2.24, 2.45) is 4.99 Å². The Kier molecular flexibility index (Phi) is 4.96.